The van der Waals surface area contributed by atoms with Crippen molar-refractivity contribution in [3.8, 4) is 0 Å². The molecule has 1 heterocycles. The van der Waals surface area contributed by atoms with E-state index in [1.165, 1.54) is 0 Å². The van der Waals surface area contributed by atoms with Crippen LogP contribution in [0.1, 0.15) is 5.56 Å². The van der Waals surface area contributed by atoms with E-state index in [-0.39, 0.29) is 0 Å². The predicted molar refractivity (Wildman–Crippen MR) is 69.9 cm³/mol. The summed E-state index contributed by atoms with van der Waals surface area (Å²) in [5.41, 5.74) is 0.430. The van der Waals surface area contributed by atoms with Gasteiger partial charge in [-0.3, -0.25) is 0 Å². The Kier molecular flexibility index (Phi) is 4.98. The minimum atomic E-state index is -1.81. The number of rotatable bonds is 3. The van der Waals surface area contributed by atoms with E-state index in [0.717, 1.165) is 0 Å². The number of ether oxygens (including phenoxy) is 2. The number of hydrogen-bond donors (Lipinski definition) is 4. The first-order valence-corrected chi connectivity index (χ1v) is 6.57. The highest BCUT2D eigenvalue weighted by atomic mass is 35.5. The third kappa shape index (κ3) is 2.96. The van der Waals surface area contributed by atoms with Crippen LogP contribution in [0.2, 0.25) is 0 Å². The standard InChI is InChI=1S/C13H17ClO6/c14-13(8-4-2-1-3-5-8)19-9(6-15)11(17)12(18)10(7-16)20-13/h1-5,9-12,15-18H,6-7H2/t9-,10+,11-,12-,13?/m0/s1. The van der Waals surface area contributed by atoms with E-state index in [1.54, 1.807) is 30.3 Å². The van der Waals surface area contributed by atoms with Gasteiger partial charge >= 0.3 is 0 Å². The van der Waals surface area contributed by atoms with Gasteiger partial charge in [-0.1, -0.05) is 41.9 Å². The molecule has 1 saturated heterocycles. The molecule has 7 heteroatoms. The lowest BCUT2D eigenvalue weighted by atomic mass is 10.0. The van der Waals surface area contributed by atoms with Crippen molar-refractivity contribution in [3.05, 3.63) is 35.9 Å². The van der Waals surface area contributed by atoms with Gasteiger partial charge in [-0.25, -0.2) is 0 Å². The van der Waals surface area contributed by atoms with Gasteiger partial charge in [-0.2, -0.15) is 0 Å². The molecule has 1 aliphatic rings. The van der Waals surface area contributed by atoms with Gasteiger partial charge < -0.3 is 29.9 Å². The van der Waals surface area contributed by atoms with Crippen LogP contribution in [0.15, 0.2) is 30.3 Å². The van der Waals surface area contributed by atoms with Crippen molar-refractivity contribution >= 4 is 11.6 Å². The van der Waals surface area contributed by atoms with E-state index in [2.05, 4.69) is 0 Å². The van der Waals surface area contributed by atoms with Crippen LogP contribution in [0, 0.1) is 0 Å². The van der Waals surface area contributed by atoms with Crippen LogP contribution in [-0.2, 0) is 14.7 Å². The van der Waals surface area contributed by atoms with Crippen LogP contribution in [-0.4, -0.2) is 58.1 Å². The Bertz CT molecular complexity index is 410. The molecule has 0 amide bonds. The SMILES string of the molecule is OC[C@@H]1OC(Cl)(c2ccccc2)O[C@H](CO)[C@H](O)[C@H]1O. The van der Waals surface area contributed by atoms with Gasteiger partial charge in [0, 0.05) is 5.56 Å². The molecule has 5 atom stereocenters. The summed E-state index contributed by atoms with van der Waals surface area (Å²) in [5, 5.41) is 36.6. The van der Waals surface area contributed by atoms with Crippen molar-refractivity contribution in [1.29, 1.82) is 0 Å². The summed E-state index contributed by atoms with van der Waals surface area (Å²) in [6, 6.07) is 8.48. The van der Waals surface area contributed by atoms with Gasteiger partial charge in [0.2, 0.25) is 0 Å². The number of benzene rings is 1. The molecular formula is C13H17ClO6. The van der Waals surface area contributed by atoms with E-state index >= 15 is 0 Å². The monoisotopic (exact) mass is 304 g/mol. The quantitative estimate of drug-likeness (QED) is 0.563. The fraction of sp³-hybridized carbons (Fsp3) is 0.538. The van der Waals surface area contributed by atoms with Crippen molar-refractivity contribution in [2.45, 2.75) is 29.7 Å². The van der Waals surface area contributed by atoms with Crippen molar-refractivity contribution in [2.24, 2.45) is 0 Å². The summed E-state index contributed by atoms with van der Waals surface area (Å²) >= 11 is 6.29. The van der Waals surface area contributed by atoms with Gasteiger partial charge in [0.1, 0.15) is 24.4 Å². The van der Waals surface area contributed by atoms with Crippen LogP contribution in [0.25, 0.3) is 0 Å². The average molecular weight is 305 g/mol. The Balaban J connectivity index is 2.37. The third-order valence-electron chi connectivity index (χ3n) is 3.20. The topological polar surface area (TPSA) is 99.4 Å². The zero-order valence-corrected chi connectivity index (χ0v) is 11.3. The number of halogens is 1. The fourth-order valence-electron chi connectivity index (χ4n) is 2.06. The largest absolute Gasteiger partial charge is 0.394 e. The average Bonchev–Trinajstić information content (AvgIpc) is 2.58. The zero-order valence-electron chi connectivity index (χ0n) is 10.6. The van der Waals surface area contributed by atoms with Crippen molar-refractivity contribution in [1.82, 2.24) is 0 Å². The van der Waals surface area contributed by atoms with Crippen molar-refractivity contribution in [3.63, 3.8) is 0 Å². The molecule has 1 fully saturated rings. The maximum absolute atomic E-state index is 9.91. The summed E-state index contributed by atoms with van der Waals surface area (Å²) in [5.74, 6) is 0. The Morgan fingerprint density at radius 1 is 0.950 bits per heavy atom. The van der Waals surface area contributed by atoms with Crippen molar-refractivity contribution in [2.75, 3.05) is 13.2 Å². The predicted octanol–water partition coefficient (Wildman–Crippen LogP) is -0.474. The number of alkyl halides is 1. The molecule has 1 unspecified atom stereocenters. The van der Waals surface area contributed by atoms with Gasteiger partial charge in [-0.15, -0.1) is 0 Å². The molecule has 4 N–H and O–H groups in total. The first-order valence-electron chi connectivity index (χ1n) is 6.19. The van der Waals surface area contributed by atoms with E-state index in [9.17, 15) is 20.4 Å². The minimum absolute atomic E-state index is 0.430. The molecule has 0 aliphatic carbocycles. The Hall–Kier alpha value is -0.730. The highest BCUT2D eigenvalue weighted by molar-refractivity contribution is 6.22. The highest BCUT2D eigenvalue weighted by Gasteiger charge is 2.47. The Morgan fingerprint density at radius 3 is 1.80 bits per heavy atom. The number of aliphatic hydroxyl groups excluding tert-OH is 4. The Morgan fingerprint density at radius 2 is 1.40 bits per heavy atom. The molecule has 0 bridgehead atoms. The third-order valence-corrected chi connectivity index (χ3v) is 3.59. The lowest BCUT2D eigenvalue weighted by Crippen LogP contribution is -2.45. The molecule has 1 aromatic carbocycles. The molecular weight excluding hydrogens is 288 g/mol. The van der Waals surface area contributed by atoms with Crippen LogP contribution in [0.3, 0.4) is 0 Å². The summed E-state index contributed by atoms with van der Waals surface area (Å²) in [6.45, 7) is -1.11. The molecule has 0 spiro atoms. The highest BCUT2D eigenvalue weighted by Crippen LogP contribution is 2.38. The molecule has 0 aromatic heterocycles. The lowest BCUT2D eigenvalue weighted by molar-refractivity contribution is -0.233. The van der Waals surface area contributed by atoms with Crippen molar-refractivity contribution < 1.29 is 29.9 Å². The normalized spacial score (nSPS) is 38.5. The second-order valence-corrected chi connectivity index (χ2v) is 5.06. The summed E-state index contributed by atoms with van der Waals surface area (Å²) in [6.07, 6.45) is -5.14. The Labute approximate surface area is 121 Å². The smallest absolute Gasteiger partial charge is 0.277 e. The number of hydrogen-bond acceptors (Lipinski definition) is 6. The number of aliphatic hydroxyl groups is 4. The maximum atomic E-state index is 9.91. The van der Waals surface area contributed by atoms with Gasteiger partial charge in [0.05, 0.1) is 13.2 Å². The summed E-state index contributed by atoms with van der Waals surface area (Å²) < 4.78 is 10.8. The molecule has 20 heavy (non-hydrogen) atoms. The van der Waals surface area contributed by atoms with Gasteiger partial charge in [-0.05, 0) is 0 Å². The van der Waals surface area contributed by atoms with Crippen LogP contribution >= 0.6 is 11.6 Å². The van der Waals surface area contributed by atoms with E-state index < -0.39 is 42.9 Å². The fourth-order valence-corrected chi connectivity index (χ4v) is 2.42. The maximum Gasteiger partial charge on any atom is 0.277 e. The van der Waals surface area contributed by atoms with Crippen LogP contribution in [0.5, 0.6) is 0 Å². The zero-order chi connectivity index (χ0) is 14.8. The van der Waals surface area contributed by atoms with E-state index in [4.69, 9.17) is 21.1 Å². The second-order valence-electron chi connectivity index (χ2n) is 4.56. The lowest BCUT2D eigenvalue weighted by Gasteiger charge is -2.30. The second kappa shape index (κ2) is 6.36. The first kappa shape index (κ1) is 15.7. The molecule has 1 aliphatic heterocycles. The summed E-state index contributed by atoms with van der Waals surface area (Å²) in [7, 11) is 0. The van der Waals surface area contributed by atoms with Gasteiger partial charge in [0.15, 0.2) is 0 Å². The van der Waals surface area contributed by atoms with E-state index in [1.807, 2.05) is 0 Å². The van der Waals surface area contributed by atoms with Gasteiger partial charge in [0.25, 0.3) is 5.25 Å². The van der Waals surface area contributed by atoms with Crippen LogP contribution < -0.4 is 0 Å². The molecule has 0 radical (unpaired) electrons. The molecule has 6 nitrogen and oxygen atoms in total. The molecule has 2 rings (SSSR count). The molecule has 0 saturated carbocycles. The minimum Gasteiger partial charge on any atom is -0.394 e. The molecule has 1 aromatic rings. The van der Waals surface area contributed by atoms with E-state index in [0.29, 0.717) is 5.56 Å². The molecule has 112 valence electrons. The first-order chi connectivity index (χ1) is 9.51. The summed E-state index contributed by atoms with van der Waals surface area (Å²) in [4.78, 5) is 0. The van der Waals surface area contributed by atoms with Crippen LogP contribution in [0.4, 0.5) is 0 Å².